The van der Waals surface area contributed by atoms with E-state index in [1.54, 1.807) is 0 Å². The number of carbonyl (C=O) groups is 1. The summed E-state index contributed by atoms with van der Waals surface area (Å²) in [6.07, 6.45) is 1.40. The summed E-state index contributed by atoms with van der Waals surface area (Å²) in [6, 6.07) is 8.87. The summed E-state index contributed by atoms with van der Waals surface area (Å²) >= 11 is 12.9. The molecule has 1 N–H and O–H groups in total. The highest BCUT2D eigenvalue weighted by atomic mass is 35.5. The van der Waals surface area contributed by atoms with Gasteiger partial charge in [-0.3, -0.25) is 4.79 Å². The maximum atomic E-state index is 12.1. The van der Waals surface area contributed by atoms with Gasteiger partial charge in [-0.25, -0.2) is 4.98 Å². The second kappa shape index (κ2) is 9.07. The third-order valence-electron chi connectivity index (χ3n) is 3.22. The van der Waals surface area contributed by atoms with Crippen LogP contribution in [0.2, 0.25) is 10.0 Å². The lowest BCUT2D eigenvalue weighted by Crippen LogP contribution is -2.15. The number of rotatable bonds is 7. The number of pyridine rings is 1. The van der Waals surface area contributed by atoms with Crippen LogP contribution in [0.15, 0.2) is 46.2 Å². The number of nitrogens with zero attached hydrogens (tertiary/aromatic N) is 3. The van der Waals surface area contributed by atoms with Crippen molar-refractivity contribution in [1.82, 2.24) is 15.2 Å². The number of anilines is 1. The van der Waals surface area contributed by atoms with Gasteiger partial charge in [-0.2, -0.15) is 0 Å². The Hall–Kier alpha value is -2.29. The highest BCUT2D eigenvalue weighted by Gasteiger charge is 2.15. The van der Waals surface area contributed by atoms with Crippen molar-refractivity contribution in [3.8, 4) is 17.2 Å². The average molecular weight is 425 g/mol. The molecule has 0 aliphatic rings. The van der Waals surface area contributed by atoms with Crippen molar-refractivity contribution in [3.63, 3.8) is 0 Å². The van der Waals surface area contributed by atoms with E-state index < -0.39 is 0 Å². The normalized spacial score (nSPS) is 10.6. The first-order chi connectivity index (χ1) is 13.1. The van der Waals surface area contributed by atoms with Crippen molar-refractivity contribution in [2.45, 2.75) is 12.1 Å². The summed E-state index contributed by atoms with van der Waals surface area (Å²) < 4.78 is 11.2. The van der Waals surface area contributed by atoms with Gasteiger partial charge in [0.1, 0.15) is 5.75 Å². The van der Waals surface area contributed by atoms with Crippen molar-refractivity contribution in [3.05, 3.63) is 46.6 Å². The SMILES string of the molecule is CCOc1ccccc1-c1nnc(SCC(=O)Nc2ncc(Cl)cc2Cl)o1. The topological polar surface area (TPSA) is 90.1 Å². The monoisotopic (exact) mass is 424 g/mol. The number of benzene rings is 1. The van der Waals surface area contributed by atoms with E-state index in [2.05, 4.69) is 20.5 Å². The molecule has 0 fully saturated rings. The molecule has 2 heterocycles. The lowest BCUT2D eigenvalue weighted by molar-refractivity contribution is -0.113. The Bertz CT molecular complexity index is 951. The minimum Gasteiger partial charge on any atom is -0.493 e. The van der Waals surface area contributed by atoms with Gasteiger partial charge < -0.3 is 14.5 Å². The molecule has 27 heavy (non-hydrogen) atoms. The van der Waals surface area contributed by atoms with Crippen molar-refractivity contribution in [2.75, 3.05) is 17.7 Å². The standard InChI is InChI=1S/C17H14Cl2N4O3S/c1-2-25-13-6-4-3-5-11(13)16-22-23-17(26-16)27-9-14(24)21-15-12(19)7-10(18)8-20-15/h3-8H,2,9H2,1H3,(H,20,21,24). The first kappa shape index (κ1) is 19.5. The molecule has 0 saturated carbocycles. The summed E-state index contributed by atoms with van der Waals surface area (Å²) in [7, 11) is 0. The number of amides is 1. The third kappa shape index (κ3) is 5.12. The van der Waals surface area contributed by atoms with Crippen LogP contribution in [0.5, 0.6) is 5.75 Å². The van der Waals surface area contributed by atoms with Gasteiger partial charge >= 0.3 is 0 Å². The van der Waals surface area contributed by atoms with E-state index in [0.29, 0.717) is 28.8 Å². The first-order valence-corrected chi connectivity index (χ1v) is 9.60. The van der Waals surface area contributed by atoms with Crippen LogP contribution in [0, 0.1) is 0 Å². The van der Waals surface area contributed by atoms with E-state index in [0.717, 1.165) is 11.8 Å². The second-order valence-corrected chi connectivity index (χ2v) is 6.89. The Kier molecular flexibility index (Phi) is 6.54. The Morgan fingerprint density at radius 2 is 2.11 bits per heavy atom. The summed E-state index contributed by atoms with van der Waals surface area (Å²) in [6.45, 7) is 2.42. The maximum absolute atomic E-state index is 12.1. The molecule has 3 aromatic rings. The van der Waals surface area contributed by atoms with Gasteiger partial charge in [0.15, 0.2) is 5.82 Å². The molecule has 140 valence electrons. The zero-order valence-corrected chi connectivity index (χ0v) is 16.4. The molecule has 2 aromatic heterocycles. The lowest BCUT2D eigenvalue weighted by atomic mass is 10.2. The fourth-order valence-corrected chi connectivity index (χ4v) is 3.09. The minimum atomic E-state index is -0.314. The van der Waals surface area contributed by atoms with Crippen molar-refractivity contribution < 1.29 is 13.9 Å². The predicted molar refractivity (Wildman–Crippen MR) is 105 cm³/mol. The van der Waals surface area contributed by atoms with Crippen LogP contribution in [0.4, 0.5) is 5.82 Å². The smallest absolute Gasteiger partial charge is 0.277 e. The molecule has 0 radical (unpaired) electrons. The minimum absolute atomic E-state index is 0.0510. The van der Waals surface area contributed by atoms with Crippen LogP contribution < -0.4 is 10.1 Å². The Labute approximate surface area is 169 Å². The highest BCUT2D eigenvalue weighted by Crippen LogP contribution is 2.30. The van der Waals surface area contributed by atoms with Crippen molar-refractivity contribution >= 4 is 46.7 Å². The Morgan fingerprint density at radius 3 is 2.89 bits per heavy atom. The van der Waals surface area contributed by atoms with Gasteiger partial charge in [-0.1, -0.05) is 47.1 Å². The fraction of sp³-hybridized carbons (Fsp3) is 0.176. The number of hydrogen-bond acceptors (Lipinski definition) is 7. The van der Waals surface area contributed by atoms with E-state index in [4.69, 9.17) is 32.4 Å². The van der Waals surface area contributed by atoms with Crippen molar-refractivity contribution in [1.29, 1.82) is 0 Å². The molecule has 3 rings (SSSR count). The summed E-state index contributed by atoms with van der Waals surface area (Å²) in [5, 5.41) is 11.5. The predicted octanol–water partition coefficient (Wildman–Crippen LogP) is 4.57. The molecule has 1 aromatic carbocycles. The Morgan fingerprint density at radius 1 is 1.30 bits per heavy atom. The van der Waals surface area contributed by atoms with Crippen LogP contribution in [0.3, 0.4) is 0 Å². The molecule has 10 heteroatoms. The second-order valence-electron chi connectivity index (χ2n) is 5.12. The van der Waals surface area contributed by atoms with Crippen LogP contribution in [-0.2, 0) is 4.79 Å². The van der Waals surface area contributed by atoms with Gasteiger partial charge in [-0.05, 0) is 25.1 Å². The fourth-order valence-electron chi connectivity index (χ4n) is 2.10. The summed E-state index contributed by atoms with van der Waals surface area (Å²) in [5.41, 5.74) is 0.695. The average Bonchev–Trinajstić information content (AvgIpc) is 3.12. The number of hydrogen-bond donors (Lipinski definition) is 1. The molecule has 0 spiro atoms. The van der Waals surface area contributed by atoms with E-state index in [1.807, 2.05) is 31.2 Å². The van der Waals surface area contributed by atoms with Gasteiger partial charge in [0.05, 0.1) is 28.0 Å². The molecular formula is C17H14Cl2N4O3S. The molecule has 7 nitrogen and oxygen atoms in total. The van der Waals surface area contributed by atoms with Crippen LogP contribution in [0.1, 0.15) is 6.92 Å². The third-order valence-corrected chi connectivity index (χ3v) is 4.53. The number of carbonyl (C=O) groups excluding carboxylic acids is 1. The molecule has 0 aliphatic heterocycles. The molecule has 0 unspecified atom stereocenters. The van der Waals surface area contributed by atoms with Gasteiger partial charge in [0.2, 0.25) is 5.91 Å². The molecule has 0 saturated heterocycles. The van der Waals surface area contributed by atoms with Crippen molar-refractivity contribution in [2.24, 2.45) is 0 Å². The number of halogens is 2. The lowest BCUT2D eigenvalue weighted by Gasteiger charge is -2.06. The number of aromatic nitrogens is 3. The van der Waals surface area contributed by atoms with E-state index >= 15 is 0 Å². The highest BCUT2D eigenvalue weighted by molar-refractivity contribution is 7.99. The molecule has 0 aliphatic carbocycles. The quantitative estimate of drug-likeness (QED) is 0.555. The summed E-state index contributed by atoms with van der Waals surface area (Å²) in [5.74, 6) is 0.954. The number of para-hydroxylation sites is 1. The van der Waals surface area contributed by atoms with Gasteiger partial charge in [0.25, 0.3) is 11.1 Å². The van der Waals surface area contributed by atoms with E-state index in [9.17, 15) is 4.79 Å². The Balaban J connectivity index is 1.62. The molecule has 0 bridgehead atoms. The van der Waals surface area contributed by atoms with Crippen LogP contribution >= 0.6 is 35.0 Å². The van der Waals surface area contributed by atoms with Crippen LogP contribution in [0.25, 0.3) is 11.5 Å². The number of thioether (sulfide) groups is 1. The van der Waals surface area contributed by atoms with Crippen LogP contribution in [-0.4, -0.2) is 33.4 Å². The molecular weight excluding hydrogens is 411 g/mol. The van der Waals surface area contributed by atoms with Gasteiger partial charge in [0, 0.05) is 6.20 Å². The molecule has 1 amide bonds. The summed E-state index contributed by atoms with van der Waals surface area (Å²) in [4.78, 5) is 16.0. The maximum Gasteiger partial charge on any atom is 0.277 e. The largest absolute Gasteiger partial charge is 0.493 e. The zero-order valence-electron chi connectivity index (χ0n) is 14.1. The van der Waals surface area contributed by atoms with Gasteiger partial charge in [-0.15, -0.1) is 10.2 Å². The molecule has 0 atom stereocenters. The van der Waals surface area contributed by atoms with E-state index in [1.165, 1.54) is 12.3 Å². The number of ether oxygens (including phenoxy) is 1. The van der Waals surface area contributed by atoms with E-state index in [-0.39, 0.29) is 27.7 Å². The number of nitrogens with one attached hydrogen (secondary N) is 1. The zero-order chi connectivity index (χ0) is 19.2. The first-order valence-electron chi connectivity index (χ1n) is 7.86.